The fraction of sp³-hybridized carbons (Fsp3) is 0.605. The molecule has 0 bridgehead atoms. The number of benzene rings is 2. The van der Waals surface area contributed by atoms with Gasteiger partial charge in [0, 0.05) is 61.6 Å². The van der Waals surface area contributed by atoms with Crippen molar-refractivity contribution < 1.29 is 23.2 Å². The van der Waals surface area contributed by atoms with Crippen molar-refractivity contribution in [3.05, 3.63) is 70.3 Å². The Morgan fingerprint density at radius 2 is 1.96 bits per heavy atom. The molecule has 2 aromatic rings. The van der Waals surface area contributed by atoms with Gasteiger partial charge in [0.15, 0.2) is 0 Å². The molecule has 5 rings (SSSR count). The number of nitrogens with zero attached hydrogens (tertiary/aromatic N) is 2. The van der Waals surface area contributed by atoms with E-state index in [2.05, 4.69) is 52.7 Å². The zero-order valence-corrected chi connectivity index (χ0v) is 30.9. The Labute approximate surface area is 295 Å². The van der Waals surface area contributed by atoms with Crippen LogP contribution in [0.15, 0.2) is 48.6 Å². The lowest BCUT2D eigenvalue weighted by atomic mass is 9.64. The zero-order valence-electron chi connectivity index (χ0n) is 29.3. The highest BCUT2D eigenvalue weighted by molar-refractivity contribution is 7.84. The van der Waals surface area contributed by atoms with Crippen LogP contribution in [0.5, 0.6) is 5.75 Å². The largest absolute Gasteiger partial charge is 0.491 e. The van der Waals surface area contributed by atoms with Crippen molar-refractivity contribution in [2.24, 2.45) is 11.8 Å². The SMILES string of the molecule is CC/C=C/[C@](CN1CCOCC1)(OC)C1CCC1CN1CC(c2ccc(Cl)cc2CCC)COc2ccc(C(=O)NS(=O)C(C)C)cc21. The van der Waals surface area contributed by atoms with Crippen LogP contribution in [0.1, 0.15) is 80.8 Å². The van der Waals surface area contributed by atoms with E-state index in [0.717, 1.165) is 94.5 Å². The maximum Gasteiger partial charge on any atom is 0.263 e. The van der Waals surface area contributed by atoms with Gasteiger partial charge in [0.1, 0.15) is 22.3 Å². The minimum Gasteiger partial charge on any atom is -0.491 e. The van der Waals surface area contributed by atoms with Gasteiger partial charge >= 0.3 is 0 Å². The van der Waals surface area contributed by atoms with Gasteiger partial charge in [-0.25, -0.2) is 4.21 Å². The minimum absolute atomic E-state index is 0.112. The Morgan fingerprint density at radius 3 is 2.62 bits per heavy atom. The third-order valence-electron chi connectivity index (χ3n) is 10.2. The van der Waals surface area contributed by atoms with Crippen LogP contribution in [-0.2, 0) is 26.9 Å². The number of aryl methyl sites for hydroxylation is 1. The second-order valence-electron chi connectivity index (χ2n) is 13.8. The number of carbonyl (C=O) groups excluding carboxylic acids is 1. The Balaban J connectivity index is 1.48. The number of carbonyl (C=O) groups is 1. The van der Waals surface area contributed by atoms with E-state index in [4.69, 9.17) is 25.8 Å². The predicted octanol–water partition coefficient (Wildman–Crippen LogP) is 6.79. The third-order valence-corrected chi connectivity index (χ3v) is 11.7. The van der Waals surface area contributed by atoms with E-state index in [1.54, 1.807) is 6.07 Å². The average molecular weight is 700 g/mol. The van der Waals surface area contributed by atoms with E-state index in [-0.39, 0.29) is 17.1 Å². The van der Waals surface area contributed by atoms with E-state index >= 15 is 0 Å². The number of methoxy groups -OCH3 is 1. The normalized spacial score (nSPS) is 23.6. The first-order valence-corrected chi connectivity index (χ1v) is 19.3. The second-order valence-corrected chi connectivity index (χ2v) is 15.9. The smallest absolute Gasteiger partial charge is 0.263 e. The van der Waals surface area contributed by atoms with Crippen LogP contribution in [-0.4, -0.2) is 85.5 Å². The van der Waals surface area contributed by atoms with Crippen molar-refractivity contribution in [3.63, 3.8) is 0 Å². The molecule has 1 aliphatic carbocycles. The lowest BCUT2D eigenvalue weighted by Crippen LogP contribution is -2.57. The third kappa shape index (κ3) is 8.64. The highest BCUT2D eigenvalue weighted by Gasteiger charge is 2.48. The van der Waals surface area contributed by atoms with Crippen molar-refractivity contribution in [1.82, 2.24) is 9.62 Å². The molecule has 10 heteroatoms. The molecule has 5 atom stereocenters. The number of amides is 1. The molecule has 2 fully saturated rings. The van der Waals surface area contributed by atoms with Gasteiger partial charge in [-0.2, -0.15) is 0 Å². The molecule has 2 aromatic carbocycles. The van der Waals surface area contributed by atoms with Crippen molar-refractivity contribution in [2.75, 3.05) is 64.6 Å². The molecule has 1 amide bonds. The molecule has 0 radical (unpaired) electrons. The molecule has 2 aliphatic heterocycles. The maximum atomic E-state index is 13.3. The number of allylic oxidation sites excluding steroid dienone is 1. The van der Waals surface area contributed by atoms with Gasteiger partial charge in [0.05, 0.1) is 25.5 Å². The molecule has 48 heavy (non-hydrogen) atoms. The van der Waals surface area contributed by atoms with E-state index in [0.29, 0.717) is 24.0 Å². The van der Waals surface area contributed by atoms with Gasteiger partial charge in [-0.15, -0.1) is 0 Å². The Kier molecular flexibility index (Phi) is 13.0. The summed E-state index contributed by atoms with van der Waals surface area (Å²) in [5.74, 6) is 1.25. The summed E-state index contributed by atoms with van der Waals surface area (Å²) < 4.78 is 33.9. The Morgan fingerprint density at radius 1 is 1.17 bits per heavy atom. The summed E-state index contributed by atoms with van der Waals surface area (Å²) in [6.07, 6.45) is 9.71. The summed E-state index contributed by atoms with van der Waals surface area (Å²) in [6, 6.07) is 11.8. The molecule has 8 nitrogen and oxygen atoms in total. The van der Waals surface area contributed by atoms with E-state index in [1.807, 2.05) is 39.2 Å². The summed E-state index contributed by atoms with van der Waals surface area (Å²) >= 11 is 6.47. The van der Waals surface area contributed by atoms with Gasteiger partial charge in [0.25, 0.3) is 5.91 Å². The second kappa shape index (κ2) is 17.0. The number of hydrogen-bond acceptors (Lipinski definition) is 7. The van der Waals surface area contributed by atoms with Gasteiger partial charge in [0.2, 0.25) is 0 Å². The first kappa shape index (κ1) is 36.8. The first-order valence-electron chi connectivity index (χ1n) is 17.7. The standard InChI is InChI=1S/C38H54ClN3O5S/c1-6-8-16-38(45-5,26-41-17-19-46-20-18-41)34-14-10-30(34)23-42-24-31(33-13-12-32(39)21-28(33)9-7-2)25-47-36-15-11-29(22-35(36)42)37(43)40-48(44)27(3)4/h8,11-13,15-16,21-22,27,30-31,34H,6-7,9-10,14,17-20,23-26H2,1-5H3,(H,40,43)/b16-8+/t30?,31?,34?,38-,48?/m1/s1. The summed E-state index contributed by atoms with van der Waals surface area (Å²) in [4.78, 5) is 18.2. The number of halogens is 1. The molecule has 4 unspecified atom stereocenters. The van der Waals surface area contributed by atoms with Gasteiger partial charge < -0.3 is 19.1 Å². The number of nitrogens with one attached hydrogen (secondary N) is 1. The lowest BCUT2D eigenvalue weighted by Gasteiger charge is -2.51. The molecular formula is C38H54ClN3O5S. The molecule has 1 N–H and O–H groups in total. The Hall–Kier alpha value is -2.43. The number of anilines is 1. The fourth-order valence-electron chi connectivity index (χ4n) is 7.44. The van der Waals surface area contributed by atoms with Crippen LogP contribution in [0.3, 0.4) is 0 Å². The average Bonchev–Trinajstić information content (AvgIpc) is 3.25. The van der Waals surface area contributed by atoms with Crippen molar-refractivity contribution in [2.45, 2.75) is 76.6 Å². The quantitative estimate of drug-likeness (QED) is 0.218. The molecule has 1 saturated heterocycles. The molecule has 0 spiro atoms. The summed E-state index contributed by atoms with van der Waals surface area (Å²) in [6.45, 7) is 14.3. The van der Waals surface area contributed by atoms with Crippen LogP contribution in [0.25, 0.3) is 0 Å². The van der Waals surface area contributed by atoms with Crippen molar-refractivity contribution in [1.29, 1.82) is 0 Å². The van der Waals surface area contributed by atoms with E-state index < -0.39 is 16.6 Å². The minimum atomic E-state index is -1.46. The number of hydrogen-bond donors (Lipinski definition) is 1. The number of fused-ring (bicyclic) bond motifs is 1. The monoisotopic (exact) mass is 699 g/mol. The Bertz CT molecular complexity index is 1450. The van der Waals surface area contributed by atoms with Crippen molar-refractivity contribution >= 4 is 34.2 Å². The van der Waals surface area contributed by atoms with Gasteiger partial charge in [-0.05, 0) is 92.8 Å². The highest BCUT2D eigenvalue weighted by Crippen LogP contribution is 2.47. The summed E-state index contributed by atoms with van der Waals surface area (Å²) in [5, 5.41) is 0.572. The van der Waals surface area contributed by atoms with Crippen LogP contribution in [0, 0.1) is 11.8 Å². The van der Waals surface area contributed by atoms with Gasteiger partial charge in [-0.3, -0.25) is 14.4 Å². The summed E-state index contributed by atoms with van der Waals surface area (Å²) in [7, 11) is 0.399. The molecule has 3 aliphatic rings. The molecular weight excluding hydrogens is 646 g/mol. The maximum absolute atomic E-state index is 13.3. The first-order chi connectivity index (χ1) is 23.2. The van der Waals surface area contributed by atoms with Gasteiger partial charge in [-0.1, -0.05) is 50.1 Å². The van der Waals surface area contributed by atoms with Crippen LogP contribution >= 0.6 is 11.6 Å². The van der Waals surface area contributed by atoms with Crippen molar-refractivity contribution in [3.8, 4) is 5.75 Å². The van der Waals surface area contributed by atoms with Crippen LogP contribution in [0.4, 0.5) is 5.69 Å². The molecule has 0 aromatic heterocycles. The number of ether oxygens (including phenoxy) is 3. The van der Waals surface area contributed by atoms with E-state index in [9.17, 15) is 9.00 Å². The molecule has 264 valence electrons. The number of morpholine rings is 1. The van der Waals surface area contributed by atoms with Crippen LogP contribution in [0.2, 0.25) is 5.02 Å². The highest BCUT2D eigenvalue weighted by atomic mass is 35.5. The topological polar surface area (TPSA) is 80.3 Å². The molecule has 2 heterocycles. The fourth-order valence-corrected chi connectivity index (χ4v) is 8.17. The lowest BCUT2D eigenvalue weighted by molar-refractivity contribution is -0.101. The zero-order chi connectivity index (χ0) is 34.3. The summed E-state index contributed by atoms with van der Waals surface area (Å²) in [5.41, 5.74) is 3.50. The van der Waals surface area contributed by atoms with E-state index in [1.165, 1.54) is 11.1 Å². The van der Waals surface area contributed by atoms with Crippen LogP contribution < -0.4 is 14.4 Å². The number of rotatable bonds is 14. The molecule has 1 saturated carbocycles. The predicted molar refractivity (Wildman–Crippen MR) is 196 cm³/mol.